The van der Waals surface area contributed by atoms with Crippen LogP contribution in [0, 0.1) is 0 Å². The molecule has 1 aliphatic rings. The summed E-state index contributed by atoms with van der Waals surface area (Å²) in [7, 11) is 2.98. The zero-order valence-electron chi connectivity index (χ0n) is 14.8. The number of anilines is 1. The van der Waals surface area contributed by atoms with Gasteiger partial charge in [-0.15, -0.1) is 0 Å². The third-order valence-corrected chi connectivity index (χ3v) is 5.00. The van der Waals surface area contributed by atoms with E-state index in [1.165, 1.54) is 22.5 Å². The molecule has 1 amide bonds. The topological polar surface area (TPSA) is 82.1 Å². The van der Waals surface area contributed by atoms with Crippen LogP contribution < -0.4 is 16.1 Å². The van der Waals surface area contributed by atoms with Crippen LogP contribution >= 0.6 is 0 Å². The van der Waals surface area contributed by atoms with Crippen molar-refractivity contribution in [3.05, 3.63) is 57.0 Å². The maximum absolute atomic E-state index is 13.0. The molecule has 0 spiro atoms. The van der Waals surface area contributed by atoms with Crippen molar-refractivity contribution in [3.63, 3.8) is 0 Å². The van der Waals surface area contributed by atoms with Gasteiger partial charge < -0.3 is 9.47 Å². The van der Waals surface area contributed by atoms with Crippen molar-refractivity contribution in [2.24, 2.45) is 14.1 Å². The van der Waals surface area contributed by atoms with Crippen molar-refractivity contribution >= 4 is 22.8 Å². The molecule has 134 valence electrons. The Balaban J connectivity index is 1.76. The average molecular weight is 353 g/mol. The van der Waals surface area contributed by atoms with Crippen LogP contribution in [0.2, 0.25) is 0 Å². The molecule has 1 aromatic carbocycles. The standard InChI is InChI=1S/C18H19N5O3/c1-11-8-12-6-4-5-7-13(12)23(11)14(24)9-22-10-19-16-15(22)17(25)21(3)18(26)20(16)2/h4-7,10-11H,8-9H2,1-3H3/t11-/m0/s1. The molecule has 8 heteroatoms. The van der Waals surface area contributed by atoms with Crippen LogP contribution in [-0.4, -0.2) is 30.6 Å². The minimum absolute atomic E-state index is 0.0113. The first-order chi connectivity index (χ1) is 12.4. The molecule has 1 atom stereocenters. The second kappa shape index (κ2) is 5.69. The van der Waals surface area contributed by atoms with Gasteiger partial charge in [-0.3, -0.25) is 18.7 Å². The molecule has 3 heterocycles. The molecule has 8 nitrogen and oxygen atoms in total. The number of amides is 1. The van der Waals surface area contributed by atoms with Gasteiger partial charge in [-0.25, -0.2) is 9.78 Å². The van der Waals surface area contributed by atoms with Crippen molar-refractivity contribution in [1.29, 1.82) is 0 Å². The predicted octanol–water partition coefficient (Wildman–Crippen LogP) is 0.411. The van der Waals surface area contributed by atoms with Gasteiger partial charge in [0.1, 0.15) is 6.54 Å². The Morgan fingerprint density at radius 3 is 2.69 bits per heavy atom. The zero-order chi connectivity index (χ0) is 18.6. The van der Waals surface area contributed by atoms with Crippen LogP contribution in [0.1, 0.15) is 12.5 Å². The number of benzene rings is 1. The van der Waals surface area contributed by atoms with Crippen LogP contribution in [-0.2, 0) is 31.9 Å². The molecule has 26 heavy (non-hydrogen) atoms. The highest BCUT2D eigenvalue weighted by atomic mass is 16.2. The number of aromatic nitrogens is 4. The van der Waals surface area contributed by atoms with E-state index in [4.69, 9.17) is 0 Å². The smallest absolute Gasteiger partial charge is 0.315 e. The monoisotopic (exact) mass is 353 g/mol. The lowest BCUT2D eigenvalue weighted by Crippen LogP contribution is -2.40. The second-order valence-electron chi connectivity index (χ2n) is 6.70. The third kappa shape index (κ3) is 2.22. The fourth-order valence-electron chi connectivity index (χ4n) is 3.68. The molecule has 0 fully saturated rings. The number of carbonyl (C=O) groups excluding carboxylic acids is 1. The lowest BCUT2D eigenvalue weighted by atomic mass is 10.1. The summed E-state index contributed by atoms with van der Waals surface area (Å²) in [5.41, 5.74) is 1.69. The Hall–Kier alpha value is -3.16. The van der Waals surface area contributed by atoms with E-state index in [2.05, 4.69) is 4.98 Å². The van der Waals surface area contributed by atoms with Crippen molar-refractivity contribution < 1.29 is 4.79 Å². The fourth-order valence-corrected chi connectivity index (χ4v) is 3.68. The Kier molecular flexibility index (Phi) is 3.57. The summed E-state index contributed by atoms with van der Waals surface area (Å²) in [6, 6.07) is 7.90. The molecule has 0 saturated heterocycles. The highest BCUT2D eigenvalue weighted by Crippen LogP contribution is 2.32. The molecular formula is C18H19N5O3. The molecule has 0 saturated carbocycles. The molecule has 0 unspecified atom stereocenters. The van der Waals surface area contributed by atoms with E-state index in [1.807, 2.05) is 31.2 Å². The normalized spacial score (nSPS) is 16.3. The summed E-state index contributed by atoms with van der Waals surface area (Å²) < 4.78 is 3.86. The van der Waals surface area contributed by atoms with Crippen molar-refractivity contribution in [1.82, 2.24) is 18.7 Å². The maximum atomic E-state index is 13.0. The van der Waals surface area contributed by atoms with Gasteiger partial charge in [0.05, 0.1) is 6.33 Å². The zero-order valence-corrected chi connectivity index (χ0v) is 14.8. The van der Waals surface area contributed by atoms with Gasteiger partial charge in [-0.05, 0) is 25.0 Å². The highest BCUT2D eigenvalue weighted by Gasteiger charge is 2.31. The average Bonchev–Trinajstić information content (AvgIpc) is 3.18. The van der Waals surface area contributed by atoms with Gasteiger partial charge in [0.15, 0.2) is 11.2 Å². The number of para-hydroxylation sites is 1. The number of hydrogen-bond acceptors (Lipinski definition) is 4. The molecule has 2 aromatic heterocycles. The van der Waals surface area contributed by atoms with Gasteiger partial charge in [0.2, 0.25) is 5.91 Å². The first kappa shape index (κ1) is 16.3. The summed E-state index contributed by atoms with van der Waals surface area (Å²) in [5, 5.41) is 0. The number of aryl methyl sites for hydroxylation is 1. The summed E-state index contributed by atoms with van der Waals surface area (Å²) >= 11 is 0. The number of carbonyl (C=O) groups is 1. The number of rotatable bonds is 2. The van der Waals surface area contributed by atoms with Crippen molar-refractivity contribution in [2.45, 2.75) is 25.9 Å². The summed E-state index contributed by atoms with van der Waals surface area (Å²) in [4.78, 5) is 43.5. The van der Waals surface area contributed by atoms with Crippen LogP contribution in [0.3, 0.4) is 0 Å². The van der Waals surface area contributed by atoms with E-state index in [0.717, 1.165) is 22.2 Å². The quantitative estimate of drug-likeness (QED) is 0.668. The first-order valence-corrected chi connectivity index (χ1v) is 8.41. The minimum Gasteiger partial charge on any atom is -0.315 e. The summed E-state index contributed by atoms with van der Waals surface area (Å²) in [6.45, 7) is 2.00. The lowest BCUT2D eigenvalue weighted by Gasteiger charge is -2.23. The van der Waals surface area contributed by atoms with E-state index in [1.54, 1.807) is 11.9 Å². The van der Waals surface area contributed by atoms with E-state index >= 15 is 0 Å². The Morgan fingerprint density at radius 2 is 1.92 bits per heavy atom. The van der Waals surface area contributed by atoms with Gasteiger partial charge in [0, 0.05) is 25.8 Å². The Morgan fingerprint density at radius 1 is 1.19 bits per heavy atom. The van der Waals surface area contributed by atoms with Crippen LogP contribution in [0.5, 0.6) is 0 Å². The minimum atomic E-state index is -0.455. The fraction of sp³-hybridized carbons (Fsp3) is 0.333. The third-order valence-electron chi connectivity index (χ3n) is 5.00. The second-order valence-corrected chi connectivity index (χ2v) is 6.70. The molecule has 0 radical (unpaired) electrons. The Labute approximate surface area is 148 Å². The SMILES string of the molecule is C[C@H]1Cc2ccccc2N1C(=O)Cn1cnc2c1c(=O)n(C)c(=O)n2C. The van der Waals surface area contributed by atoms with Gasteiger partial charge >= 0.3 is 5.69 Å². The van der Waals surface area contributed by atoms with Crippen molar-refractivity contribution in [2.75, 3.05) is 4.90 Å². The van der Waals surface area contributed by atoms with Crippen molar-refractivity contribution in [3.8, 4) is 0 Å². The van der Waals surface area contributed by atoms with E-state index in [0.29, 0.717) is 0 Å². The number of nitrogens with zero attached hydrogens (tertiary/aromatic N) is 5. The molecule has 4 rings (SSSR count). The highest BCUT2D eigenvalue weighted by molar-refractivity contribution is 5.96. The summed E-state index contributed by atoms with van der Waals surface area (Å²) in [6.07, 6.45) is 2.25. The number of fused-ring (bicyclic) bond motifs is 2. The van der Waals surface area contributed by atoms with Gasteiger partial charge in [-0.1, -0.05) is 18.2 Å². The molecule has 0 aliphatic carbocycles. The van der Waals surface area contributed by atoms with Crippen LogP contribution in [0.4, 0.5) is 5.69 Å². The lowest BCUT2D eigenvalue weighted by molar-refractivity contribution is -0.119. The molecule has 3 aromatic rings. The number of hydrogen-bond donors (Lipinski definition) is 0. The van der Waals surface area contributed by atoms with E-state index in [-0.39, 0.29) is 29.7 Å². The molecule has 1 aliphatic heterocycles. The largest absolute Gasteiger partial charge is 0.332 e. The predicted molar refractivity (Wildman–Crippen MR) is 97.3 cm³/mol. The maximum Gasteiger partial charge on any atom is 0.332 e. The van der Waals surface area contributed by atoms with Gasteiger partial charge in [-0.2, -0.15) is 0 Å². The summed E-state index contributed by atoms with van der Waals surface area (Å²) in [5.74, 6) is -0.113. The molecule has 0 N–H and O–H groups in total. The van der Waals surface area contributed by atoms with Crippen LogP contribution in [0.15, 0.2) is 40.2 Å². The molecule has 0 bridgehead atoms. The molecular weight excluding hydrogens is 334 g/mol. The number of imidazole rings is 1. The first-order valence-electron chi connectivity index (χ1n) is 8.41. The van der Waals surface area contributed by atoms with Crippen LogP contribution in [0.25, 0.3) is 11.2 Å². The Bertz CT molecular complexity index is 1150. The van der Waals surface area contributed by atoms with E-state index < -0.39 is 11.2 Å². The van der Waals surface area contributed by atoms with Gasteiger partial charge in [0.25, 0.3) is 5.56 Å². The van der Waals surface area contributed by atoms with E-state index in [9.17, 15) is 14.4 Å².